The maximum Gasteiger partial charge on any atom is 0.341 e. The lowest BCUT2D eigenvalue weighted by molar-refractivity contribution is 0.476. The third-order valence-corrected chi connectivity index (χ3v) is 14.0. The van der Waals surface area contributed by atoms with Crippen molar-refractivity contribution in [2.75, 3.05) is 0 Å². The van der Waals surface area contributed by atoms with E-state index in [4.69, 9.17) is 8.37 Å². The van der Waals surface area contributed by atoms with Crippen molar-refractivity contribution in [2.24, 2.45) is 20.5 Å². The van der Waals surface area contributed by atoms with Crippen LogP contribution < -0.4 is 8.37 Å². The van der Waals surface area contributed by atoms with Crippen LogP contribution in [0.2, 0.25) is 0 Å². The Morgan fingerprint density at radius 1 is 0.431 bits per heavy atom. The maximum absolute atomic E-state index is 13.6. The number of nitrogens with zero attached hydrogens (tertiary/aromatic N) is 4. The van der Waals surface area contributed by atoms with E-state index in [1.807, 2.05) is 26.0 Å². The fourth-order valence-electron chi connectivity index (χ4n) is 7.05. The number of hydrogen-bond acceptors (Lipinski definition) is 14. The van der Waals surface area contributed by atoms with Gasteiger partial charge in [-0.2, -0.15) is 25.3 Å². The third kappa shape index (κ3) is 9.14. The lowest BCUT2D eigenvalue weighted by Gasteiger charge is -2.26. The van der Waals surface area contributed by atoms with Crippen LogP contribution in [0.3, 0.4) is 0 Å². The molecule has 0 fully saturated rings. The number of azo groups is 2. The molecule has 0 aliphatic carbocycles. The summed E-state index contributed by atoms with van der Waals surface area (Å²) in [6.45, 7) is 3.86. The molecule has 8 aromatic carbocycles. The predicted octanol–water partition coefficient (Wildman–Crippen LogP) is 11.3. The van der Waals surface area contributed by atoms with Crippen LogP contribution in [0.15, 0.2) is 199 Å². The van der Waals surface area contributed by atoms with Crippen molar-refractivity contribution < 1.29 is 48.4 Å². The van der Waals surface area contributed by atoms with E-state index in [1.165, 1.54) is 103 Å². The first-order chi connectivity index (χ1) is 30.9. The first-order valence-corrected chi connectivity index (χ1v) is 23.7. The summed E-state index contributed by atoms with van der Waals surface area (Å²) in [7, 11) is -13.5. The Balaban J connectivity index is 0.973. The van der Waals surface area contributed by atoms with Gasteiger partial charge in [0.05, 0.1) is 0 Å². The van der Waals surface area contributed by atoms with E-state index in [0.29, 0.717) is 5.39 Å². The van der Waals surface area contributed by atoms with Crippen LogP contribution in [0.25, 0.3) is 21.5 Å². The first-order valence-electron chi connectivity index (χ1n) is 19.5. The molecule has 8 rings (SSSR count). The summed E-state index contributed by atoms with van der Waals surface area (Å²) in [4.78, 5) is -0.982. The van der Waals surface area contributed by atoms with E-state index < -0.39 is 40.7 Å². The minimum Gasteiger partial charge on any atom is -0.506 e. The average molecular weight is 929 g/mol. The molecule has 0 saturated heterocycles. The molecule has 0 saturated carbocycles. The van der Waals surface area contributed by atoms with Crippen LogP contribution >= 0.6 is 0 Å². The lowest BCUT2D eigenvalue weighted by Crippen LogP contribution is -2.19. The van der Waals surface area contributed by atoms with Crippen molar-refractivity contribution in [1.82, 2.24) is 0 Å². The van der Waals surface area contributed by atoms with Gasteiger partial charge in [0.1, 0.15) is 60.4 Å². The Morgan fingerprint density at radius 3 is 1.38 bits per heavy atom. The van der Waals surface area contributed by atoms with Gasteiger partial charge in [-0.15, -0.1) is 20.5 Å². The minimum absolute atomic E-state index is 0.00624. The third-order valence-electron chi connectivity index (χ3n) is 10.5. The summed E-state index contributed by atoms with van der Waals surface area (Å²) >= 11 is 0. The van der Waals surface area contributed by atoms with Crippen LogP contribution in [0.5, 0.6) is 23.0 Å². The van der Waals surface area contributed by atoms with E-state index in [1.54, 1.807) is 48.5 Å². The zero-order chi connectivity index (χ0) is 46.1. The molecular formula is C47H36N4O11S3. The first kappa shape index (κ1) is 44.1. The van der Waals surface area contributed by atoms with Crippen molar-refractivity contribution >= 4 is 74.6 Å². The number of hydrogen-bond donors (Lipinski definition) is 3. The number of benzene rings is 8. The van der Waals surface area contributed by atoms with Gasteiger partial charge in [0.2, 0.25) is 0 Å². The van der Waals surface area contributed by atoms with E-state index >= 15 is 0 Å². The van der Waals surface area contributed by atoms with Gasteiger partial charge in [-0.1, -0.05) is 105 Å². The molecule has 0 radical (unpaired) electrons. The minimum atomic E-state index is -4.62. The van der Waals surface area contributed by atoms with Crippen molar-refractivity contribution in [3.8, 4) is 23.0 Å². The van der Waals surface area contributed by atoms with Gasteiger partial charge < -0.3 is 18.6 Å². The molecule has 328 valence electrons. The van der Waals surface area contributed by atoms with Gasteiger partial charge in [-0.3, -0.25) is 4.55 Å². The Labute approximate surface area is 373 Å². The number of phenolic OH excluding ortho intramolecular Hbond substituents is 2. The van der Waals surface area contributed by atoms with Gasteiger partial charge in [-0.05, 0) is 89.3 Å². The van der Waals surface area contributed by atoms with Crippen LogP contribution in [0.1, 0.15) is 25.0 Å². The SMILES string of the molecule is CC(C)(c1ccc(OS(=O)(=O)c2ccccc2N=Nc2c(O)ccc3ccccc23)cc1)c1ccc(OS(=O)(=O)c2ccccc2N=Nc2c(O)ccc3c(S(=O)(=O)O)cccc23)cc1. The Morgan fingerprint density at radius 2 is 0.862 bits per heavy atom. The van der Waals surface area contributed by atoms with Crippen molar-refractivity contribution in [3.05, 3.63) is 175 Å². The summed E-state index contributed by atoms with van der Waals surface area (Å²) in [5, 5.41) is 39.3. The molecule has 0 aliphatic heterocycles. The number of phenols is 2. The molecule has 0 heterocycles. The molecule has 0 aromatic heterocycles. The second-order valence-electron chi connectivity index (χ2n) is 15.0. The van der Waals surface area contributed by atoms with Crippen molar-refractivity contribution in [2.45, 2.75) is 33.9 Å². The van der Waals surface area contributed by atoms with Crippen molar-refractivity contribution in [1.29, 1.82) is 0 Å². The highest BCUT2D eigenvalue weighted by molar-refractivity contribution is 7.87. The van der Waals surface area contributed by atoms with E-state index in [-0.39, 0.29) is 66.3 Å². The zero-order valence-electron chi connectivity index (χ0n) is 34.2. The van der Waals surface area contributed by atoms with Crippen LogP contribution in [-0.4, -0.2) is 40.0 Å². The monoisotopic (exact) mass is 928 g/mol. The largest absolute Gasteiger partial charge is 0.506 e. The second-order valence-corrected chi connectivity index (χ2v) is 19.4. The topological polar surface area (TPSA) is 231 Å². The van der Waals surface area contributed by atoms with Gasteiger partial charge in [0.15, 0.2) is 0 Å². The van der Waals surface area contributed by atoms with E-state index in [0.717, 1.165) is 16.5 Å². The highest BCUT2D eigenvalue weighted by atomic mass is 32.2. The molecule has 0 unspecified atom stereocenters. The zero-order valence-corrected chi connectivity index (χ0v) is 36.7. The van der Waals surface area contributed by atoms with Gasteiger partial charge in [0, 0.05) is 21.6 Å². The highest BCUT2D eigenvalue weighted by Gasteiger charge is 2.27. The van der Waals surface area contributed by atoms with Crippen LogP contribution in [0.4, 0.5) is 22.7 Å². The van der Waals surface area contributed by atoms with Gasteiger partial charge in [0.25, 0.3) is 10.1 Å². The molecule has 18 heteroatoms. The van der Waals surface area contributed by atoms with E-state index in [2.05, 4.69) is 20.5 Å². The summed E-state index contributed by atoms with van der Waals surface area (Å²) in [6, 6.07) is 41.4. The molecule has 0 amide bonds. The molecule has 0 spiro atoms. The fourth-order valence-corrected chi connectivity index (χ4v) is 9.89. The standard InChI is InChI=1S/C47H36N4O11S3/c1-47(2,31-19-23-33(24-20-31)61-64(57,58)43-15-7-5-13-38(43)48-50-45-35-11-4-3-10-30(35)18-28-40(45)52)32-21-25-34(26-22-32)62-65(59,60)44-16-8-6-14-39(44)49-51-46-37-12-9-17-42(63(54,55)56)36(37)27-29-41(46)53/h3-29,52-53H,1-2H3,(H,54,55,56). The second kappa shape index (κ2) is 17.2. The molecule has 0 bridgehead atoms. The Kier molecular flexibility index (Phi) is 11.7. The summed E-state index contributed by atoms with van der Waals surface area (Å²) in [5.74, 6) is -0.459. The van der Waals surface area contributed by atoms with Gasteiger partial charge in [-0.25, -0.2) is 0 Å². The molecule has 0 aliphatic rings. The smallest absolute Gasteiger partial charge is 0.341 e. The molecule has 8 aromatic rings. The number of fused-ring (bicyclic) bond motifs is 2. The lowest BCUT2D eigenvalue weighted by atomic mass is 9.78. The summed E-state index contributed by atoms with van der Waals surface area (Å²) in [5.41, 5.74) is 0.769. The molecular weight excluding hydrogens is 893 g/mol. The Hall–Kier alpha value is -7.51. The normalized spacial score (nSPS) is 12.6. The summed E-state index contributed by atoms with van der Waals surface area (Å²) < 4.78 is 99.0. The van der Waals surface area contributed by atoms with Crippen molar-refractivity contribution in [3.63, 3.8) is 0 Å². The van der Waals surface area contributed by atoms with Crippen LogP contribution in [-0.2, 0) is 35.8 Å². The summed E-state index contributed by atoms with van der Waals surface area (Å²) in [6.07, 6.45) is 0. The maximum atomic E-state index is 13.6. The quantitative estimate of drug-likeness (QED) is 0.0559. The molecule has 15 nitrogen and oxygen atoms in total. The predicted molar refractivity (Wildman–Crippen MR) is 243 cm³/mol. The molecule has 0 atom stereocenters. The van der Waals surface area contributed by atoms with E-state index in [9.17, 15) is 40.0 Å². The molecule has 3 N–H and O–H groups in total. The van der Waals surface area contributed by atoms with Crippen LogP contribution in [0, 0.1) is 0 Å². The number of rotatable bonds is 13. The fraction of sp³-hybridized carbons (Fsp3) is 0.0638. The van der Waals surface area contributed by atoms with Gasteiger partial charge >= 0.3 is 20.2 Å². The number of aromatic hydroxyl groups is 2. The highest BCUT2D eigenvalue weighted by Crippen LogP contribution is 2.41. The molecule has 65 heavy (non-hydrogen) atoms. The average Bonchev–Trinajstić information content (AvgIpc) is 3.28. The Bertz CT molecular complexity index is 3550.